The molecule has 6 aromatic rings. The summed E-state index contributed by atoms with van der Waals surface area (Å²) < 4.78 is 2.03. The molecular formula is C24H11B5N2. The maximum Gasteiger partial charge on any atom is 0.115 e. The van der Waals surface area contributed by atoms with Gasteiger partial charge in [-0.3, -0.25) is 0 Å². The van der Waals surface area contributed by atoms with E-state index < -0.39 is 0 Å². The van der Waals surface area contributed by atoms with Crippen LogP contribution in [0.2, 0.25) is 0 Å². The topological polar surface area (TPSA) is 20.7 Å². The van der Waals surface area contributed by atoms with E-state index in [-0.39, 0.29) is 16.4 Å². The molecule has 10 radical (unpaired) electrons. The quantitative estimate of drug-likeness (QED) is 0.398. The molecule has 0 aliphatic heterocycles. The number of para-hydroxylation sites is 2. The average molecular weight is 381 g/mol. The second-order valence-electron chi connectivity index (χ2n) is 7.82. The summed E-state index contributed by atoms with van der Waals surface area (Å²) in [4.78, 5) is 3.52. The van der Waals surface area contributed by atoms with Crippen molar-refractivity contribution in [3.05, 3.63) is 60.7 Å². The van der Waals surface area contributed by atoms with Crippen LogP contribution in [0.4, 0.5) is 0 Å². The highest BCUT2D eigenvalue weighted by Crippen LogP contribution is 2.39. The smallest absolute Gasteiger partial charge is 0.115 e. The summed E-state index contributed by atoms with van der Waals surface area (Å²) in [6.07, 6.45) is 0. The van der Waals surface area contributed by atoms with Crippen molar-refractivity contribution >= 4 is 110 Å². The fourth-order valence-electron chi connectivity index (χ4n) is 4.72. The van der Waals surface area contributed by atoms with Gasteiger partial charge in [-0.25, -0.2) is 0 Å². The second kappa shape index (κ2) is 6.40. The minimum absolute atomic E-state index is 0.207. The summed E-state index contributed by atoms with van der Waals surface area (Å²) in [6, 6.07) is 20.6. The molecule has 0 bridgehead atoms. The van der Waals surface area contributed by atoms with Crippen molar-refractivity contribution in [3.63, 3.8) is 0 Å². The Kier molecular flexibility index (Phi) is 3.83. The van der Waals surface area contributed by atoms with E-state index in [1.807, 2.05) is 34.9 Å². The van der Waals surface area contributed by atoms with Gasteiger partial charge in [0.05, 0.1) is 11.0 Å². The lowest BCUT2D eigenvalue weighted by molar-refractivity contribution is 1.21. The number of hydrogen-bond acceptors (Lipinski definition) is 0. The first kappa shape index (κ1) is 18.6. The predicted octanol–water partition coefficient (Wildman–Crippen LogP) is 0.387. The third kappa shape index (κ3) is 2.35. The third-order valence-electron chi connectivity index (χ3n) is 6.20. The number of H-pyrrole nitrogens is 1. The van der Waals surface area contributed by atoms with Crippen LogP contribution in [0.3, 0.4) is 0 Å². The first-order chi connectivity index (χ1) is 15.0. The van der Waals surface area contributed by atoms with E-state index >= 15 is 0 Å². The molecule has 31 heavy (non-hydrogen) atoms. The number of nitrogens with zero attached hydrogens (tertiary/aromatic N) is 1. The molecule has 0 aliphatic rings. The van der Waals surface area contributed by atoms with Crippen LogP contribution in [0.25, 0.3) is 49.3 Å². The molecule has 132 valence electrons. The van der Waals surface area contributed by atoms with Crippen molar-refractivity contribution in [1.82, 2.24) is 9.55 Å². The monoisotopic (exact) mass is 382 g/mol. The molecule has 4 aromatic carbocycles. The van der Waals surface area contributed by atoms with Crippen LogP contribution < -0.4 is 27.3 Å². The van der Waals surface area contributed by atoms with Crippen LogP contribution in [-0.2, 0) is 0 Å². The van der Waals surface area contributed by atoms with Crippen LogP contribution in [0.15, 0.2) is 60.7 Å². The molecule has 0 spiro atoms. The third-order valence-corrected chi connectivity index (χ3v) is 6.20. The van der Waals surface area contributed by atoms with Crippen molar-refractivity contribution in [3.8, 4) is 5.69 Å². The Hall–Kier alpha value is -3.20. The summed E-state index contributed by atoms with van der Waals surface area (Å²) in [6.45, 7) is 0. The van der Waals surface area contributed by atoms with E-state index in [0.29, 0.717) is 16.6 Å². The summed E-state index contributed by atoms with van der Waals surface area (Å²) in [5.41, 5.74) is 5.92. The Labute approximate surface area is 186 Å². The molecule has 0 unspecified atom stereocenters. The van der Waals surface area contributed by atoms with E-state index in [1.165, 1.54) is 0 Å². The molecule has 6 rings (SSSR count). The van der Waals surface area contributed by atoms with Crippen LogP contribution >= 0.6 is 0 Å². The molecule has 0 saturated heterocycles. The highest BCUT2D eigenvalue weighted by Gasteiger charge is 2.20. The van der Waals surface area contributed by atoms with Gasteiger partial charge in [0.15, 0.2) is 0 Å². The van der Waals surface area contributed by atoms with E-state index in [2.05, 4.69) is 35.3 Å². The highest BCUT2D eigenvalue weighted by atomic mass is 15.0. The normalized spacial score (nSPS) is 11.9. The molecule has 0 saturated carbocycles. The molecule has 2 aromatic heterocycles. The summed E-state index contributed by atoms with van der Waals surface area (Å²) >= 11 is 0. The van der Waals surface area contributed by atoms with E-state index in [0.717, 1.165) is 43.6 Å². The van der Waals surface area contributed by atoms with Gasteiger partial charge in [-0.1, -0.05) is 47.3 Å². The number of aromatic amines is 1. The van der Waals surface area contributed by atoms with Gasteiger partial charge in [0.25, 0.3) is 0 Å². The second-order valence-corrected chi connectivity index (χ2v) is 7.82. The van der Waals surface area contributed by atoms with Crippen molar-refractivity contribution in [1.29, 1.82) is 0 Å². The zero-order valence-electron chi connectivity index (χ0n) is 16.6. The largest absolute Gasteiger partial charge is 0.354 e. The average Bonchev–Trinajstić information content (AvgIpc) is 3.32. The maximum atomic E-state index is 6.44. The molecular weight excluding hydrogens is 370 g/mol. The Morgan fingerprint density at radius 1 is 0.516 bits per heavy atom. The van der Waals surface area contributed by atoms with Crippen LogP contribution in [0.1, 0.15) is 0 Å². The van der Waals surface area contributed by atoms with Gasteiger partial charge in [0.1, 0.15) is 39.2 Å². The van der Waals surface area contributed by atoms with E-state index in [4.69, 9.17) is 39.2 Å². The lowest BCUT2D eigenvalue weighted by Crippen LogP contribution is -2.56. The van der Waals surface area contributed by atoms with Crippen LogP contribution in [0, 0.1) is 0 Å². The molecule has 2 heterocycles. The lowest BCUT2D eigenvalue weighted by atomic mass is 9.61. The number of nitrogens with one attached hydrogen (secondary N) is 1. The van der Waals surface area contributed by atoms with Gasteiger partial charge in [-0.05, 0) is 24.3 Å². The molecule has 7 heteroatoms. The van der Waals surface area contributed by atoms with E-state index in [9.17, 15) is 0 Å². The zero-order chi connectivity index (χ0) is 21.4. The molecule has 2 nitrogen and oxygen atoms in total. The van der Waals surface area contributed by atoms with Crippen molar-refractivity contribution in [2.24, 2.45) is 0 Å². The van der Waals surface area contributed by atoms with Gasteiger partial charge in [-0.2, -0.15) is 0 Å². The van der Waals surface area contributed by atoms with Gasteiger partial charge in [0, 0.05) is 38.3 Å². The van der Waals surface area contributed by atoms with E-state index in [1.54, 1.807) is 0 Å². The molecule has 0 aliphatic carbocycles. The Morgan fingerprint density at radius 3 is 1.87 bits per heavy atom. The van der Waals surface area contributed by atoms with Crippen molar-refractivity contribution in [2.45, 2.75) is 0 Å². The van der Waals surface area contributed by atoms with Gasteiger partial charge >= 0.3 is 0 Å². The summed E-state index contributed by atoms with van der Waals surface area (Å²) in [5.74, 6) is 0. The summed E-state index contributed by atoms with van der Waals surface area (Å²) in [5, 5.41) is 4.50. The molecule has 0 atom stereocenters. The van der Waals surface area contributed by atoms with Crippen molar-refractivity contribution < 1.29 is 0 Å². The maximum absolute atomic E-state index is 6.44. The minimum atomic E-state index is 0.207. The Morgan fingerprint density at radius 2 is 1.13 bits per heavy atom. The predicted molar refractivity (Wildman–Crippen MR) is 137 cm³/mol. The number of benzene rings is 4. The van der Waals surface area contributed by atoms with Gasteiger partial charge in [0.2, 0.25) is 0 Å². The van der Waals surface area contributed by atoms with Crippen LogP contribution in [-0.4, -0.2) is 48.8 Å². The first-order valence-corrected chi connectivity index (χ1v) is 9.93. The number of rotatable bonds is 1. The fraction of sp³-hybridized carbons (Fsp3) is 0. The zero-order valence-corrected chi connectivity index (χ0v) is 16.6. The standard InChI is InChI=1S/C24H11B5N2/c25-19-20(26)22(28)24(23(29)21(19)27)31-15-8-4-2-6-12(15)18-16(31)10-9-14-17(18)11-5-1-3-7-13(11)30-14/h1-10,30H. The van der Waals surface area contributed by atoms with Crippen molar-refractivity contribution in [2.75, 3.05) is 0 Å². The Bertz CT molecular complexity index is 1660. The fourth-order valence-corrected chi connectivity index (χ4v) is 4.72. The van der Waals surface area contributed by atoms with Crippen LogP contribution in [0.5, 0.6) is 0 Å². The minimum Gasteiger partial charge on any atom is -0.354 e. The van der Waals surface area contributed by atoms with Gasteiger partial charge in [-0.15, -0.1) is 16.4 Å². The number of aromatic nitrogens is 2. The summed E-state index contributed by atoms with van der Waals surface area (Å²) in [7, 11) is 31.3. The lowest BCUT2D eigenvalue weighted by Gasteiger charge is -2.23. The number of hydrogen-bond donors (Lipinski definition) is 1. The highest BCUT2D eigenvalue weighted by molar-refractivity contribution is 6.68. The molecule has 1 N–H and O–H groups in total. The molecule has 0 fully saturated rings. The SMILES string of the molecule is [B]c1c([B])c([B])c(-n2c3ccccc3c3c4c(ccc32)[nH]c2ccccc24)c([B])c1[B]. The first-order valence-electron chi connectivity index (χ1n) is 9.93. The Balaban J connectivity index is 1.90. The van der Waals surface area contributed by atoms with Gasteiger partial charge < -0.3 is 9.55 Å². The molecule has 0 amide bonds. The number of fused-ring (bicyclic) bond motifs is 7.